The minimum atomic E-state index is -0.866. The van der Waals surface area contributed by atoms with Crippen molar-refractivity contribution in [3.63, 3.8) is 0 Å². The molecule has 0 amide bonds. The monoisotopic (exact) mass is 467 g/mol. The number of halogens is 2. The Morgan fingerprint density at radius 3 is 2.68 bits per heavy atom. The van der Waals surface area contributed by atoms with Gasteiger partial charge in [0.15, 0.2) is 5.82 Å². The second kappa shape index (κ2) is 10.2. The van der Waals surface area contributed by atoms with Gasteiger partial charge >= 0.3 is 6.16 Å². The van der Waals surface area contributed by atoms with Crippen molar-refractivity contribution in [2.75, 3.05) is 20.3 Å². The quantitative estimate of drug-likeness (QED) is 0.444. The highest BCUT2D eigenvalue weighted by molar-refractivity contribution is 6.42. The SMILES string of the molecule is CCc1noc(C2=C(C)NC(C)=C(OC(=O)OCCOC)C2c2cccc(Cl)c2Cl)n1. The van der Waals surface area contributed by atoms with E-state index in [-0.39, 0.29) is 13.2 Å². The molecule has 166 valence electrons. The van der Waals surface area contributed by atoms with Crippen LogP contribution in [0, 0.1) is 0 Å². The summed E-state index contributed by atoms with van der Waals surface area (Å²) in [5.41, 5.74) is 2.62. The van der Waals surface area contributed by atoms with Crippen molar-refractivity contribution in [2.24, 2.45) is 0 Å². The number of carbonyl (C=O) groups excluding carboxylic acids is 1. The molecule has 1 aliphatic heterocycles. The number of hydrogen-bond acceptors (Lipinski definition) is 8. The van der Waals surface area contributed by atoms with Crippen molar-refractivity contribution in [1.29, 1.82) is 0 Å². The Labute approximate surface area is 190 Å². The smallest absolute Gasteiger partial charge is 0.432 e. The van der Waals surface area contributed by atoms with E-state index >= 15 is 0 Å². The molecule has 0 saturated carbocycles. The Kier molecular flexibility index (Phi) is 7.59. The number of ether oxygens (including phenoxy) is 3. The van der Waals surface area contributed by atoms with Gasteiger partial charge in [-0.1, -0.05) is 47.4 Å². The van der Waals surface area contributed by atoms with Crippen LogP contribution in [0.2, 0.25) is 10.0 Å². The summed E-state index contributed by atoms with van der Waals surface area (Å²) in [4.78, 5) is 16.8. The first kappa shape index (κ1) is 23.1. The van der Waals surface area contributed by atoms with Crippen molar-refractivity contribution in [1.82, 2.24) is 15.5 Å². The highest BCUT2D eigenvalue weighted by atomic mass is 35.5. The molecule has 0 spiro atoms. The summed E-state index contributed by atoms with van der Waals surface area (Å²) in [5, 5.41) is 7.91. The van der Waals surface area contributed by atoms with E-state index < -0.39 is 12.1 Å². The lowest BCUT2D eigenvalue weighted by Crippen LogP contribution is -2.27. The minimum absolute atomic E-state index is 0.0585. The highest BCUT2D eigenvalue weighted by Gasteiger charge is 2.37. The Morgan fingerprint density at radius 2 is 2.00 bits per heavy atom. The second-order valence-corrected chi connectivity index (χ2v) is 7.58. The molecular weight excluding hydrogens is 445 g/mol. The fraction of sp³-hybridized carbons (Fsp3) is 0.381. The van der Waals surface area contributed by atoms with E-state index in [0.29, 0.717) is 50.8 Å². The maximum Gasteiger partial charge on any atom is 0.513 e. The van der Waals surface area contributed by atoms with Crippen molar-refractivity contribution >= 4 is 34.9 Å². The summed E-state index contributed by atoms with van der Waals surface area (Å²) >= 11 is 12.8. The Bertz CT molecular complexity index is 1030. The lowest BCUT2D eigenvalue weighted by atomic mass is 9.85. The van der Waals surface area contributed by atoms with Gasteiger partial charge in [-0.2, -0.15) is 4.98 Å². The van der Waals surface area contributed by atoms with Gasteiger partial charge in [-0.3, -0.25) is 0 Å². The van der Waals surface area contributed by atoms with Crippen LogP contribution in [0.4, 0.5) is 4.79 Å². The van der Waals surface area contributed by atoms with Gasteiger partial charge in [0.1, 0.15) is 12.4 Å². The zero-order chi connectivity index (χ0) is 22.5. The summed E-state index contributed by atoms with van der Waals surface area (Å²) in [5.74, 6) is 0.513. The number of carbonyl (C=O) groups is 1. The van der Waals surface area contributed by atoms with E-state index in [2.05, 4.69) is 15.5 Å². The predicted molar refractivity (Wildman–Crippen MR) is 116 cm³/mol. The van der Waals surface area contributed by atoms with Gasteiger partial charge < -0.3 is 24.1 Å². The molecule has 2 heterocycles. The van der Waals surface area contributed by atoms with Gasteiger partial charge in [0.25, 0.3) is 5.89 Å². The molecule has 10 heteroatoms. The van der Waals surface area contributed by atoms with Crippen molar-refractivity contribution < 1.29 is 23.5 Å². The van der Waals surface area contributed by atoms with Gasteiger partial charge in [0.05, 0.1) is 33.8 Å². The number of allylic oxidation sites excluding steroid dienone is 3. The molecule has 0 aliphatic carbocycles. The number of benzene rings is 1. The molecule has 0 fully saturated rings. The zero-order valence-electron chi connectivity index (χ0n) is 17.6. The van der Waals surface area contributed by atoms with Crippen LogP contribution in [-0.4, -0.2) is 36.6 Å². The lowest BCUT2D eigenvalue weighted by molar-refractivity contribution is 0.0503. The van der Waals surface area contributed by atoms with E-state index in [1.165, 1.54) is 7.11 Å². The number of aromatic nitrogens is 2. The van der Waals surface area contributed by atoms with Gasteiger partial charge in [-0.25, -0.2) is 4.79 Å². The fourth-order valence-corrected chi connectivity index (χ4v) is 3.69. The molecule has 1 aromatic heterocycles. The topological polar surface area (TPSA) is 95.7 Å². The third-order valence-electron chi connectivity index (χ3n) is 4.71. The molecule has 3 rings (SSSR count). The zero-order valence-corrected chi connectivity index (χ0v) is 19.1. The molecule has 0 radical (unpaired) electrons. The molecule has 1 aliphatic rings. The van der Waals surface area contributed by atoms with E-state index in [0.717, 1.165) is 5.70 Å². The Balaban J connectivity index is 2.09. The van der Waals surface area contributed by atoms with Crippen LogP contribution < -0.4 is 5.32 Å². The van der Waals surface area contributed by atoms with Crippen LogP contribution in [0.5, 0.6) is 0 Å². The molecular formula is C21H23Cl2N3O5. The summed E-state index contributed by atoms with van der Waals surface area (Å²) in [7, 11) is 1.51. The molecule has 1 aromatic carbocycles. The first-order valence-electron chi connectivity index (χ1n) is 9.66. The maximum absolute atomic E-state index is 12.3. The molecule has 1 atom stereocenters. The Hall–Kier alpha value is -2.55. The average molecular weight is 468 g/mol. The molecule has 8 nitrogen and oxygen atoms in total. The summed E-state index contributed by atoms with van der Waals surface area (Å²) in [6.07, 6.45) is -0.259. The number of nitrogens with one attached hydrogen (secondary N) is 1. The number of nitrogens with zero attached hydrogens (tertiary/aromatic N) is 2. The minimum Gasteiger partial charge on any atom is -0.432 e. The number of methoxy groups -OCH3 is 1. The van der Waals surface area contributed by atoms with Gasteiger partial charge in [0, 0.05) is 19.2 Å². The molecule has 0 bridgehead atoms. The van der Waals surface area contributed by atoms with E-state index in [1.807, 2.05) is 19.9 Å². The number of aryl methyl sites for hydroxylation is 1. The first-order valence-corrected chi connectivity index (χ1v) is 10.4. The van der Waals surface area contributed by atoms with Crippen molar-refractivity contribution in [3.8, 4) is 0 Å². The number of dihydropyridines is 1. The number of rotatable bonds is 7. The van der Waals surface area contributed by atoms with Crippen molar-refractivity contribution in [2.45, 2.75) is 33.1 Å². The summed E-state index contributed by atoms with van der Waals surface area (Å²) in [6, 6.07) is 5.26. The molecule has 1 N–H and O–H groups in total. The van der Waals surface area contributed by atoms with Crippen LogP contribution in [0.15, 0.2) is 39.9 Å². The normalized spacial score (nSPS) is 16.4. The molecule has 31 heavy (non-hydrogen) atoms. The van der Waals surface area contributed by atoms with Crippen LogP contribution in [0.1, 0.15) is 44.0 Å². The summed E-state index contributed by atoms with van der Waals surface area (Å²) < 4.78 is 21.1. The second-order valence-electron chi connectivity index (χ2n) is 6.79. The largest absolute Gasteiger partial charge is 0.513 e. The Morgan fingerprint density at radius 1 is 1.23 bits per heavy atom. The molecule has 1 unspecified atom stereocenters. The van der Waals surface area contributed by atoms with Crippen molar-refractivity contribution in [3.05, 3.63) is 62.7 Å². The third kappa shape index (κ3) is 5.03. The van der Waals surface area contributed by atoms with Gasteiger partial charge in [0.2, 0.25) is 0 Å². The maximum atomic E-state index is 12.3. The average Bonchev–Trinajstić information content (AvgIpc) is 3.21. The van der Waals surface area contributed by atoms with E-state index in [9.17, 15) is 4.79 Å². The molecule has 2 aromatic rings. The summed E-state index contributed by atoms with van der Waals surface area (Å²) in [6.45, 7) is 5.89. The van der Waals surface area contributed by atoms with E-state index in [4.69, 9.17) is 41.9 Å². The fourth-order valence-electron chi connectivity index (χ4n) is 3.27. The molecule has 0 saturated heterocycles. The van der Waals surface area contributed by atoms with Crippen LogP contribution in [0.25, 0.3) is 5.57 Å². The highest BCUT2D eigenvalue weighted by Crippen LogP contribution is 2.46. The predicted octanol–water partition coefficient (Wildman–Crippen LogP) is 5.09. The van der Waals surface area contributed by atoms with Crippen LogP contribution >= 0.6 is 23.2 Å². The number of hydrogen-bond donors (Lipinski definition) is 1. The first-order chi connectivity index (χ1) is 14.9. The standard InChI is InChI=1S/C21H23Cl2N3O5/c1-5-15-25-20(31-26-15)16-11(2)24-12(3)19(30-21(27)29-10-9-28-4)17(16)13-7-6-8-14(22)18(13)23/h6-8,17,24H,5,9-10H2,1-4H3. The van der Waals surface area contributed by atoms with Crippen LogP contribution in [0.3, 0.4) is 0 Å². The van der Waals surface area contributed by atoms with Crippen LogP contribution in [-0.2, 0) is 20.6 Å². The van der Waals surface area contributed by atoms with E-state index in [1.54, 1.807) is 19.1 Å². The van der Waals surface area contributed by atoms with Gasteiger partial charge in [-0.05, 0) is 25.5 Å². The lowest BCUT2D eigenvalue weighted by Gasteiger charge is -2.30. The van der Waals surface area contributed by atoms with Gasteiger partial charge in [-0.15, -0.1) is 0 Å². The third-order valence-corrected chi connectivity index (χ3v) is 5.54.